The molecule has 1 N–H and O–H groups in total. The van der Waals surface area contributed by atoms with Gasteiger partial charge in [-0.05, 0) is 72.7 Å². The first-order chi connectivity index (χ1) is 19.6. The molecule has 1 aliphatic rings. The van der Waals surface area contributed by atoms with Crippen molar-refractivity contribution in [1.82, 2.24) is 14.5 Å². The van der Waals surface area contributed by atoms with Crippen LogP contribution in [0.3, 0.4) is 0 Å². The van der Waals surface area contributed by atoms with Crippen LogP contribution in [0.2, 0.25) is 5.02 Å². The van der Waals surface area contributed by atoms with Crippen LogP contribution in [0.25, 0.3) is 6.08 Å². The molecule has 3 aromatic heterocycles. The number of nitrogens with one attached hydrogen (secondary N) is 1. The van der Waals surface area contributed by atoms with Gasteiger partial charge in [0.2, 0.25) is 0 Å². The number of aromatic amines is 1. The average molecular weight is 678 g/mol. The molecule has 0 radical (unpaired) electrons. The molecular weight excluding hydrogens is 656 g/mol. The summed E-state index contributed by atoms with van der Waals surface area (Å²) in [6.07, 6.45) is 1.60. The number of rotatable bonds is 7. The Morgan fingerprint density at radius 3 is 2.78 bits per heavy atom. The molecule has 10 nitrogen and oxygen atoms in total. The molecule has 0 bridgehead atoms. The average Bonchev–Trinajstić information content (AvgIpc) is 3.40. The van der Waals surface area contributed by atoms with E-state index in [0.29, 0.717) is 57.5 Å². The van der Waals surface area contributed by atoms with E-state index in [1.54, 1.807) is 51.1 Å². The topological polar surface area (TPSA) is 129 Å². The molecule has 0 saturated heterocycles. The number of carbonyl (C=O) groups excluding carboxylic acids is 1. The van der Waals surface area contributed by atoms with E-state index in [-0.39, 0.29) is 23.3 Å². The van der Waals surface area contributed by atoms with Crippen molar-refractivity contribution >= 4 is 62.7 Å². The van der Waals surface area contributed by atoms with E-state index in [1.165, 1.54) is 17.7 Å². The van der Waals surface area contributed by atoms with Crippen LogP contribution in [0.1, 0.15) is 36.9 Å². The molecule has 0 amide bonds. The van der Waals surface area contributed by atoms with Crippen molar-refractivity contribution in [3.05, 3.63) is 98.2 Å². The minimum Gasteiger partial charge on any atom is -0.496 e. The molecular formula is C27H22BrClN4O6S2. The van der Waals surface area contributed by atoms with Gasteiger partial charge in [-0.1, -0.05) is 22.9 Å². The first-order valence-corrected chi connectivity index (χ1v) is 15.0. The summed E-state index contributed by atoms with van der Waals surface area (Å²) in [5.74, 6) is 0.247. The number of H-pyrrole nitrogens is 1. The summed E-state index contributed by atoms with van der Waals surface area (Å²) in [6, 6.07) is 7.23. The summed E-state index contributed by atoms with van der Waals surface area (Å²) in [5.41, 5.74) is 1.06. The maximum atomic E-state index is 13.9. The Morgan fingerprint density at radius 2 is 2.07 bits per heavy atom. The van der Waals surface area contributed by atoms with Crippen LogP contribution in [0.4, 0.5) is 0 Å². The number of hydrogen-bond donors (Lipinski definition) is 1. The molecule has 1 aliphatic heterocycles. The molecule has 4 heterocycles. The molecule has 1 atom stereocenters. The second-order valence-corrected chi connectivity index (χ2v) is 12.0. The highest BCUT2D eigenvalue weighted by Gasteiger charge is 2.35. The Labute approximate surface area is 254 Å². The first-order valence-electron chi connectivity index (χ1n) is 12.2. The highest BCUT2D eigenvalue weighted by Crippen LogP contribution is 2.37. The van der Waals surface area contributed by atoms with E-state index in [1.807, 2.05) is 0 Å². The number of esters is 1. The number of carbonyl (C=O) groups is 1. The second-order valence-electron chi connectivity index (χ2n) is 8.77. The van der Waals surface area contributed by atoms with Crippen LogP contribution in [-0.4, -0.2) is 34.2 Å². The Kier molecular flexibility index (Phi) is 8.41. The number of aryl methyl sites for hydroxylation is 1. The van der Waals surface area contributed by atoms with E-state index in [4.69, 9.17) is 25.5 Å². The maximum Gasteiger partial charge on any atom is 0.338 e. The molecule has 0 spiro atoms. The number of furan rings is 1. The first kappa shape index (κ1) is 29.1. The fourth-order valence-electron chi connectivity index (χ4n) is 4.33. The van der Waals surface area contributed by atoms with E-state index in [9.17, 15) is 14.4 Å². The third-order valence-corrected chi connectivity index (χ3v) is 8.93. The third kappa shape index (κ3) is 5.85. The van der Waals surface area contributed by atoms with Crippen LogP contribution in [0.15, 0.2) is 75.3 Å². The number of benzene rings is 1. The highest BCUT2D eigenvalue weighted by molar-refractivity contribution is 9.10. The van der Waals surface area contributed by atoms with Gasteiger partial charge in [0.25, 0.3) is 11.1 Å². The highest BCUT2D eigenvalue weighted by atomic mass is 79.9. The van der Waals surface area contributed by atoms with E-state index in [0.717, 1.165) is 23.1 Å². The van der Waals surface area contributed by atoms with Crippen molar-refractivity contribution < 1.29 is 18.7 Å². The second kappa shape index (κ2) is 11.8. The Hall–Kier alpha value is -3.39. The lowest BCUT2D eigenvalue weighted by atomic mass is 9.95. The van der Waals surface area contributed by atoms with Crippen molar-refractivity contribution in [3.8, 4) is 5.75 Å². The van der Waals surface area contributed by atoms with Gasteiger partial charge >= 0.3 is 5.97 Å². The summed E-state index contributed by atoms with van der Waals surface area (Å²) in [5, 5.41) is 1.23. The van der Waals surface area contributed by atoms with Crippen LogP contribution in [0.5, 0.6) is 5.75 Å². The van der Waals surface area contributed by atoms with Crippen molar-refractivity contribution in [2.75, 3.05) is 13.7 Å². The number of allylic oxidation sites excluding steroid dienone is 1. The largest absolute Gasteiger partial charge is 0.496 e. The monoisotopic (exact) mass is 676 g/mol. The number of fused-ring (bicyclic) bond motifs is 1. The smallest absolute Gasteiger partial charge is 0.338 e. The summed E-state index contributed by atoms with van der Waals surface area (Å²) in [7, 11) is 1.50. The standard InChI is InChI=1S/C27H22BrClN4O6S2/c1-5-38-24(36)21-13(3)31-27-33(22(21)16-9-14(29)6-7-18(16)37-4)23(35)19(40-27)11-15-10-17(28)25(39-15)41-26-30-12(2)8-20(34)32-26/h6-11,22H,5H2,1-4H3,(H,30,32,34)/b19-11-/t22-/m0/s1. The lowest BCUT2D eigenvalue weighted by Gasteiger charge is -2.26. The van der Waals surface area contributed by atoms with E-state index >= 15 is 0 Å². The van der Waals surface area contributed by atoms with Gasteiger partial charge in [0, 0.05) is 28.4 Å². The zero-order chi connectivity index (χ0) is 29.4. The summed E-state index contributed by atoms with van der Waals surface area (Å²) < 4.78 is 19.3. The zero-order valence-electron chi connectivity index (χ0n) is 22.1. The molecule has 14 heteroatoms. The molecule has 0 unspecified atom stereocenters. The van der Waals surface area contributed by atoms with Gasteiger partial charge in [-0.25, -0.2) is 14.8 Å². The lowest BCUT2D eigenvalue weighted by Crippen LogP contribution is -2.40. The van der Waals surface area contributed by atoms with Crippen LogP contribution >= 0.6 is 50.6 Å². The number of halogens is 2. The normalized spacial score (nSPS) is 15.1. The van der Waals surface area contributed by atoms with Gasteiger partial charge in [-0.2, -0.15) is 0 Å². The van der Waals surface area contributed by atoms with Crippen molar-refractivity contribution in [2.45, 2.75) is 37.1 Å². The predicted octanol–water partition coefficient (Wildman–Crippen LogP) is 4.36. The molecule has 0 saturated carbocycles. The maximum absolute atomic E-state index is 13.9. The van der Waals surface area contributed by atoms with Gasteiger partial charge in [-0.15, -0.1) is 0 Å². The van der Waals surface area contributed by atoms with Crippen molar-refractivity contribution in [3.63, 3.8) is 0 Å². The molecule has 1 aromatic carbocycles. The van der Waals surface area contributed by atoms with Gasteiger partial charge in [-0.3, -0.25) is 14.2 Å². The molecule has 212 valence electrons. The van der Waals surface area contributed by atoms with Crippen molar-refractivity contribution in [2.24, 2.45) is 4.99 Å². The van der Waals surface area contributed by atoms with Crippen LogP contribution in [-0.2, 0) is 9.53 Å². The van der Waals surface area contributed by atoms with Crippen LogP contribution in [0, 0.1) is 6.92 Å². The van der Waals surface area contributed by atoms with Gasteiger partial charge < -0.3 is 18.9 Å². The summed E-state index contributed by atoms with van der Waals surface area (Å²) >= 11 is 12.1. The van der Waals surface area contributed by atoms with Crippen LogP contribution < -0.4 is 25.2 Å². The Balaban J connectivity index is 1.64. The summed E-state index contributed by atoms with van der Waals surface area (Å²) in [4.78, 5) is 50.8. The Bertz CT molecular complexity index is 1960. The number of nitrogens with zero attached hydrogens (tertiary/aromatic N) is 3. The van der Waals surface area contributed by atoms with E-state index < -0.39 is 12.0 Å². The van der Waals surface area contributed by atoms with Crippen molar-refractivity contribution in [1.29, 1.82) is 0 Å². The molecule has 0 fully saturated rings. The quantitative estimate of drug-likeness (QED) is 0.226. The number of aromatic nitrogens is 3. The number of thiazole rings is 1. The molecule has 5 rings (SSSR count). The minimum absolute atomic E-state index is 0.152. The van der Waals surface area contributed by atoms with Gasteiger partial charge in [0.15, 0.2) is 15.1 Å². The Morgan fingerprint density at radius 1 is 1.29 bits per heavy atom. The van der Waals surface area contributed by atoms with Gasteiger partial charge in [0.05, 0.1) is 34.0 Å². The molecule has 4 aromatic rings. The van der Waals surface area contributed by atoms with E-state index in [2.05, 4.69) is 30.9 Å². The lowest BCUT2D eigenvalue weighted by molar-refractivity contribution is -0.139. The number of ether oxygens (including phenoxy) is 2. The third-order valence-electron chi connectivity index (χ3n) is 5.99. The minimum atomic E-state index is -0.889. The zero-order valence-corrected chi connectivity index (χ0v) is 26.1. The number of hydrogen-bond acceptors (Lipinski definition) is 10. The number of methoxy groups -OCH3 is 1. The SMILES string of the molecule is CCOC(=O)C1=C(C)N=c2s/c(=C\c3cc(Br)c(Sc4nc(C)cc(=O)[nH]4)o3)c(=O)n2[C@H]1c1cc(Cl)ccc1OC. The predicted molar refractivity (Wildman–Crippen MR) is 159 cm³/mol. The molecule has 0 aliphatic carbocycles. The summed E-state index contributed by atoms with van der Waals surface area (Å²) in [6.45, 7) is 5.28. The molecule has 41 heavy (non-hydrogen) atoms. The van der Waals surface area contributed by atoms with Gasteiger partial charge in [0.1, 0.15) is 17.6 Å². The fourth-order valence-corrected chi connectivity index (χ4v) is 6.90. The fraction of sp³-hybridized carbons (Fsp3) is 0.222.